The summed E-state index contributed by atoms with van der Waals surface area (Å²) in [4.78, 5) is 14.2. The van der Waals surface area contributed by atoms with Gasteiger partial charge in [-0.25, -0.2) is 0 Å². The molecule has 1 aliphatic rings. The van der Waals surface area contributed by atoms with Crippen LogP contribution in [0.1, 0.15) is 30.1 Å². The minimum absolute atomic E-state index is 0.0301. The zero-order valence-electron chi connectivity index (χ0n) is 9.04. The fraction of sp³-hybridized carbons (Fsp3) is 0.417. The van der Waals surface area contributed by atoms with Crippen LogP contribution < -0.4 is 0 Å². The first-order valence-corrected chi connectivity index (χ1v) is 6.53. The van der Waals surface area contributed by atoms with Crippen molar-refractivity contribution in [3.63, 3.8) is 0 Å². The summed E-state index contributed by atoms with van der Waals surface area (Å²) >= 11 is 9.46. The predicted octanol–water partition coefficient (Wildman–Crippen LogP) is 3.73. The van der Waals surface area contributed by atoms with Crippen LogP contribution in [0, 0.1) is 0 Å². The Morgan fingerprint density at radius 1 is 1.56 bits per heavy atom. The Labute approximate surface area is 109 Å². The monoisotopic (exact) mass is 301 g/mol. The third kappa shape index (κ3) is 2.11. The lowest BCUT2D eigenvalue weighted by Gasteiger charge is -2.22. The van der Waals surface area contributed by atoms with E-state index in [9.17, 15) is 4.79 Å². The lowest BCUT2D eigenvalue weighted by atomic mass is 10.2. The van der Waals surface area contributed by atoms with Gasteiger partial charge < -0.3 is 4.90 Å². The molecule has 0 bridgehead atoms. The molecule has 1 fully saturated rings. The third-order valence-electron chi connectivity index (χ3n) is 2.99. The molecule has 0 aliphatic carbocycles. The number of carbonyl (C=O) groups is 1. The quantitative estimate of drug-likeness (QED) is 0.774. The summed E-state index contributed by atoms with van der Waals surface area (Å²) in [5.74, 6) is 0.0301. The van der Waals surface area contributed by atoms with Crippen LogP contribution in [0.5, 0.6) is 0 Å². The van der Waals surface area contributed by atoms with Crippen LogP contribution in [-0.2, 0) is 0 Å². The summed E-state index contributed by atoms with van der Waals surface area (Å²) in [7, 11) is 0. The third-order valence-corrected chi connectivity index (χ3v) is 3.97. The van der Waals surface area contributed by atoms with E-state index in [0.29, 0.717) is 16.6 Å². The van der Waals surface area contributed by atoms with Crippen LogP contribution in [0.2, 0.25) is 5.02 Å². The van der Waals surface area contributed by atoms with E-state index in [0.717, 1.165) is 23.9 Å². The van der Waals surface area contributed by atoms with E-state index in [1.165, 1.54) is 0 Å². The minimum atomic E-state index is 0.0301. The van der Waals surface area contributed by atoms with Gasteiger partial charge in [0.1, 0.15) is 0 Å². The Hall–Kier alpha value is -0.540. The van der Waals surface area contributed by atoms with Crippen molar-refractivity contribution >= 4 is 33.4 Å². The Morgan fingerprint density at radius 3 is 2.88 bits per heavy atom. The van der Waals surface area contributed by atoms with Gasteiger partial charge in [-0.2, -0.15) is 0 Å². The highest BCUT2D eigenvalue weighted by molar-refractivity contribution is 9.10. The summed E-state index contributed by atoms with van der Waals surface area (Å²) in [6.45, 7) is 2.91. The van der Waals surface area contributed by atoms with Gasteiger partial charge in [-0.05, 0) is 47.8 Å². The summed E-state index contributed by atoms with van der Waals surface area (Å²) < 4.78 is 0.768. The molecule has 1 amide bonds. The highest BCUT2D eigenvalue weighted by atomic mass is 79.9. The van der Waals surface area contributed by atoms with E-state index < -0.39 is 0 Å². The Morgan fingerprint density at radius 2 is 2.31 bits per heavy atom. The SMILES string of the molecule is C[C@H]1CCCN1C(=O)c1c(Cl)cccc1Br. The number of benzene rings is 1. The molecule has 86 valence electrons. The van der Waals surface area contributed by atoms with Crippen molar-refractivity contribution in [3.05, 3.63) is 33.3 Å². The number of rotatable bonds is 1. The molecule has 0 aromatic heterocycles. The van der Waals surface area contributed by atoms with Crippen molar-refractivity contribution in [1.29, 1.82) is 0 Å². The summed E-state index contributed by atoms with van der Waals surface area (Å²) in [6, 6.07) is 5.74. The minimum Gasteiger partial charge on any atom is -0.336 e. The van der Waals surface area contributed by atoms with Crippen molar-refractivity contribution < 1.29 is 4.79 Å². The molecule has 0 saturated carbocycles. The smallest absolute Gasteiger partial charge is 0.256 e. The number of amides is 1. The molecule has 2 nitrogen and oxygen atoms in total. The molecule has 1 atom stereocenters. The van der Waals surface area contributed by atoms with Crippen LogP contribution in [0.4, 0.5) is 0 Å². The van der Waals surface area contributed by atoms with Gasteiger partial charge in [0.15, 0.2) is 0 Å². The molecule has 1 aliphatic heterocycles. The predicted molar refractivity (Wildman–Crippen MR) is 68.9 cm³/mol. The number of likely N-dealkylation sites (tertiary alicyclic amines) is 1. The van der Waals surface area contributed by atoms with Gasteiger partial charge in [0.2, 0.25) is 0 Å². The van der Waals surface area contributed by atoms with Gasteiger partial charge in [0.25, 0.3) is 5.91 Å². The van der Waals surface area contributed by atoms with Crippen LogP contribution in [-0.4, -0.2) is 23.4 Å². The standard InChI is InChI=1S/C12H13BrClNO/c1-8-4-3-7-15(8)12(16)11-9(13)5-2-6-10(11)14/h2,5-6,8H,3-4,7H2,1H3/t8-/m0/s1. The van der Waals surface area contributed by atoms with Gasteiger partial charge in [0, 0.05) is 17.1 Å². The van der Waals surface area contributed by atoms with Crippen molar-refractivity contribution in [3.8, 4) is 0 Å². The van der Waals surface area contributed by atoms with Crippen LogP contribution >= 0.6 is 27.5 Å². The molecule has 0 spiro atoms. The van der Waals surface area contributed by atoms with E-state index in [4.69, 9.17) is 11.6 Å². The number of hydrogen-bond donors (Lipinski definition) is 0. The fourth-order valence-electron chi connectivity index (χ4n) is 2.08. The Balaban J connectivity index is 2.33. The second kappa shape index (κ2) is 4.76. The van der Waals surface area contributed by atoms with Gasteiger partial charge >= 0.3 is 0 Å². The van der Waals surface area contributed by atoms with E-state index >= 15 is 0 Å². The highest BCUT2D eigenvalue weighted by Crippen LogP contribution is 2.28. The first-order valence-electron chi connectivity index (χ1n) is 5.36. The molecule has 1 heterocycles. The molecule has 0 N–H and O–H groups in total. The van der Waals surface area contributed by atoms with E-state index in [-0.39, 0.29) is 5.91 Å². The largest absolute Gasteiger partial charge is 0.336 e. The molecule has 0 unspecified atom stereocenters. The summed E-state index contributed by atoms with van der Waals surface area (Å²) in [6.07, 6.45) is 2.16. The van der Waals surface area contributed by atoms with Crippen molar-refractivity contribution in [1.82, 2.24) is 4.90 Å². The average molecular weight is 303 g/mol. The van der Waals surface area contributed by atoms with E-state index in [1.807, 2.05) is 17.0 Å². The summed E-state index contributed by atoms with van der Waals surface area (Å²) in [5.41, 5.74) is 0.581. The number of nitrogens with zero attached hydrogens (tertiary/aromatic N) is 1. The Bertz CT molecular complexity index is 401. The molecule has 1 aromatic carbocycles. The summed E-state index contributed by atoms with van der Waals surface area (Å²) in [5, 5.41) is 0.512. The maximum atomic E-state index is 12.3. The second-order valence-electron chi connectivity index (χ2n) is 4.09. The lowest BCUT2D eigenvalue weighted by Crippen LogP contribution is -2.34. The molecule has 4 heteroatoms. The fourth-order valence-corrected chi connectivity index (χ4v) is 2.99. The molecule has 0 radical (unpaired) electrons. The van der Waals surface area contributed by atoms with E-state index in [2.05, 4.69) is 22.9 Å². The Kier molecular flexibility index (Phi) is 3.55. The number of hydrogen-bond acceptors (Lipinski definition) is 1. The maximum Gasteiger partial charge on any atom is 0.256 e. The van der Waals surface area contributed by atoms with Gasteiger partial charge in [0.05, 0.1) is 10.6 Å². The number of halogens is 2. The molecule has 1 saturated heterocycles. The van der Waals surface area contributed by atoms with Crippen molar-refractivity contribution in [2.75, 3.05) is 6.54 Å². The zero-order chi connectivity index (χ0) is 11.7. The topological polar surface area (TPSA) is 20.3 Å². The normalized spacial score (nSPS) is 20.2. The highest BCUT2D eigenvalue weighted by Gasteiger charge is 2.28. The molecule has 16 heavy (non-hydrogen) atoms. The maximum absolute atomic E-state index is 12.3. The first-order chi connectivity index (χ1) is 7.61. The zero-order valence-corrected chi connectivity index (χ0v) is 11.4. The molecule has 1 aromatic rings. The average Bonchev–Trinajstić information content (AvgIpc) is 2.64. The number of carbonyl (C=O) groups excluding carboxylic acids is 1. The van der Waals surface area contributed by atoms with E-state index in [1.54, 1.807) is 6.07 Å². The molecular weight excluding hydrogens is 289 g/mol. The van der Waals surface area contributed by atoms with Crippen LogP contribution in [0.3, 0.4) is 0 Å². The van der Waals surface area contributed by atoms with Crippen molar-refractivity contribution in [2.45, 2.75) is 25.8 Å². The lowest BCUT2D eigenvalue weighted by molar-refractivity contribution is 0.0746. The van der Waals surface area contributed by atoms with Crippen LogP contribution in [0.15, 0.2) is 22.7 Å². The van der Waals surface area contributed by atoms with Gasteiger partial charge in [-0.15, -0.1) is 0 Å². The molecule has 2 rings (SSSR count). The van der Waals surface area contributed by atoms with Gasteiger partial charge in [-0.1, -0.05) is 17.7 Å². The van der Waals surface area contributed by atoms with Crippen LogP contribution in [0.25, 0.3) is 0 Å². The van der Waals surface area contributed by atoms with Gasteiger partial charge in [-0.3, -0.25) is 4.79 Å². The van der Waals surface area contributed by atoms with Crippen molar-refractivity contribution in [2.24, 2.45) is 0 Å². The first kappa shape index (κ1) is 11.9. The molecular formula is C12H13BrClNO. The second-order valence-corrected chi connectivity index (χ2v) is 5.35.